The molecule has 0 aliphatic carbocycles. The highest BCUT2D eigenvalue weighted by Crippen LogP contribution is 2.28. The second kappa shape index (κ2) is 14.0. The maximum absolute atomic E-state index is 13.7. The number of amides is 3. The molecule has 10 heteroatoms. The summed E-state index contributed by atoms with van der Waals surface area (Å²) in [6, 6.07) is 14.9. The van der Waals surface area contributed by atoms with Gasteiger partial charge in [0.05, 0.1) is 46.7 Å². The van der Waals surface area contributed by atoms with E-state index in [2.05, 4.69) is 10.2 Å². The smallest absolute Gasteiger partial charge is 0.317 e. The van der Waals surface area contributed by atoms with Crippen molar-refractivity contribution in [3.63, 3.8) is 0 Å². The van der Waals surface area contributed by atoms with Gasteiger partial charge in [0.15, 0.2) is 11.5 Å². The van der Waals surface area contributed by atoms with Gasteiger partial charge in [-0.25, -0.2) is 4.79 Å². The summed E-state index contributed by atoms with van der Waals surface area (Å²) in [6.45, 7) is 6.52. The van der Waals surface area contributed by atoms with Crippen LogP contribution in [0, 0.1) is 0 Å². The predicted molar refractivity (Wildman–Crippen MR) is 143 cm³/mol. The van der Waals surface area contributed by atoms with E-state index in [4.69, 9.17) is 18.9 Å². The molecule has 206 valence electrons. The lowest BCUT2D eigenvalue weighted by Gasteiger charge is -2.36. The SMILES string of the molecule is COc1ccc(C(=O)N(CCN2CCOCC2)CC2CN(C(=O)NCc3ccccc3)CCO2)cc1OC. The molecule has 2 aromatic carbocycles. The van der Waals surface area contributed by atoms with Gasteiger partial charge >= 0.3 is 6.03 Å². The molecule has 2 aromatic rings. The fraction of sp³-hybridized carbons (Fsp3) is 0.500. The second-order valence-corrected chi connectivity index (χ2v) is 9.36. The Labute approximate surface area is 224 Å². The number of morpholine rings is 2. The third-order valence-electron chi connectivity index (χ3n) is 6.84. The zero-order valence-electron chi connectivity index (χ0n) is 22.3. The summed E-state index contributed by atoms with van der Waals surface area (Å²) in [6.07, 6.45) is -0.292. The Morgan fingerprint density at radius 2 is 1.76 bits per heavy atom. The van der Waals surface area contributed by atoms with Gasteiger partial charge in [-0.3, -0.25) is 9.69 Å². The summed E-state index contributed by atoms with van der Waals surface area (Å²) in [5, 5.41) is 2.99. The third kappa shape index (κ3) is 7.59. The van der Waals surface area contributed by atoms with Crippen LogP contribution < -0.4 is 14.8 Å². The highest BCUT2D eigenvalue weighted by atomic mass is 16.5. The molecule has 4 rings (SSSR count). The summed E-state index contributed by atoms with van der Waals surface area (Å²) in [5.41, 5.74) is 1.55. The van der Waals surface area contributed by atoms with Crippen LogP contribution >= 0.6 is 0 Å². The number of carbonyl (C=O) groups is 2. The number of carbonyl (C=O) groups excluding carboxylic acids is 2. The Kier molecular flexibility index (Phi) is 10.2. The van der Waals surface area contributed by atoms with E-state index in [0.717, 1.165) is 25.2 Å². The Hall–Kier alpha value is -3.34. The number of urea groups is 1. The molecule has 0 bridgehead atoms. The van der Waals surface area contributed by atoms with E-state index in [0.29, 0.717) is 69.6 Å². The molecule has 2 heterocycles. The predicted octanol–water partition coefficient (Wildman–Crippen LogP) is 2.09. The van der Waals surface area contributed by atoms with Crippen LogP contribution in [0.25, 0.3) is 0 Å². The largest absolute Gasteiger partial charge is 0.493 e. The fourth-order valence-corrected chi connectivity index (χ4v) is 4.66. The monoisotopic (exact) mass is 526 g/mol. The van der Waals surface area contributed by atoms with Crippen LogP contribution in [0.2, 0.25) is 0 Å². The van der Waals surface area contributed by atoms with Gasteiger partial charge < -0.3 is 34.1 Å². The maximum atomic E-state index is 13.7. The number of hydrogen-bond acceptors (Lipinski definition) is 7. The Bertz CT molecular complexity index is 1050. The van der Waals surface area contributed by atoms with E-state index in [9.17, 15) is 9.59 Å². The lowest BCUT2D eigenvalue weighted by atomic mass is 10.1. The lowest BCUT2D eigenvalue weighted by molar-refractivity contribution is -0.0297. The van der Waals surface area contributed by atoms with Gasteiger partial charge in [0.25, 0.3) is 5.91 Å². The average Bonchev–Trinajstić information content (AvgIpc) is 2.98. The van der Waals surface area contributed by atoms with Crippen molar-refractivity contribution in [3.05, 3.63) is 59.7 Å². The van der Waals surface area contributed by atoms with E-state index < -0.39 is 0 Å². The normalized spacial score (nSPS) is 18.1. The van der Waals surface area contributed by atoms with Crippen LogP contribution in [0.5, 0.6) is 11.5 Å². The van der Waals surface area contributed by atoms with Crippen molar-refractivity contribution in [2.75, 3.05) is 79.9 Å². The van der Waals surface area contributed by atoms with Crippen molar-refractivity contribution in [1.82, 2.24) is 20.0 Å². The minimum Gasteiger partial charge on any atom is -0.493 e. The maximum Gasteiger partial charge on any atom is 0.317 e. The zero-order chi connectivity index (χ0) is 26.7. The van der Waals surface area contributed by atoms with Crippen molar-refractivity contribution < 1.29 is 28.5 Å². The first-order valence-corrected chi connectivity index (χ1v) is 13.1. The minimum atomic E-state index is -0.292. The quantitative estimate of drug-likeness (QED) is 0.507. The molecule has 3 amide bonds. The number of methoxy groups -OCH3 is 2. The number of rotatable bonds is 10. The first-order chi connectivity index (χ1) is 18.6. The first kappa shape index (κ1) is 27.7. The fourth-order valence-electron chi connectivity index (χ4n) is 4.66. The Balaban J connectivity index is 1.41. The Morgan fingerprint density at radius 3 is 2.50 bits per heavy atom. The summed E-state index contributed by atoms with van der Waals surface area (Å²) in [4.78, 5) is 32.4. The van der Waals surface area contributed by atoms with Crippen molar-refractivity contribution in [1.29, 1.82) is 0 Å². The summed E-state index contributed by atoms with van der Waals surface area (Å²) < 4.78 is 22.2. The summed E-state index contributed by atoms with van der Waals surface area (Å²) >= 11 is 0. The Morgan fingerprint density at radius 1 is 1.00 bits per heavy atom. The van der Waals surface area contributed by atoms with Crippen LogP contribution in [0.15, 0.2) is 48.5 Å². The van der Waals surface area contributed by atoms with Crippen molar-refractivity contribution in [2.24, 2.45) is 0 Å². The molecule has 0 spiro atoms. The number of nitrogens with zero attached hydrogens (tertiary/aromatic N) is 3. The number of benzene rings is 2. The number of hydrogen-bond donors (Lipinski definition) is 1. The van der Waals surface area contributed by atoms with E-state index >= 15 is 0 Å². The molecule has 38 heavy (non-hydrogen) atoms. The average molecular weight is 527 g/mol. The second-order valence-electron chi connectivity index (χ2n) is 9.36. The molecule has 0 radical (unpaired) electrons. The molecule has 2 fully saturated rings. The topological polar surface area (TPSA) is 92.8 Å². The van der Waals surface area contributed by atoms with Gasteiger partial charge in [0, 0.05) is 51.4 Å². The van der Waals surface area contributed by atoms with Gasteiger partial charge in [-0.2, -0.15) is 0 Å². The van der Waals surface area contributed by atoms with Crippen LogP contribution in [-0.2, 0) is 16.0 Å². The highest BCUT2D eigenvalue weighted by Gasteiger charge is 2.28. The lowest BCUT2D eigenvalue weighted by Crippen LogP contribution is -2.53. The van der Waals surface area contributed by atoms with Gasteiger partial charge in [0.1, 0.15) is 0 Å². The molecule has 1 N–H and O–H groups in total. The first-order valence-electron chi connectivity index (χ1n) is 13.1. The van der Waals surface area contributed by atoms with E-state index in [1.165, 1.54) is 0 Å². The molecule has 1 atom stereocenters. The van der Waals surface area contributed by atoms with E-state index in [1.54, 1.807) is 37.3 Å². The molecule has 10 nitrogen and oxygen atoms in total. The molecule has 0 saturated carbocycles. The molecule has 2 aliphatic heterocycles. The molecular formula is C28H38N4O6. The minimum absolute atomic E-state index is 0.117. The van der Waals surface area contributed by atoms with Gasteiger partial charge in [-0.1, -0.05) is 30.3 Å². The van der Waals surface area contributed by atoms with Crippen LogP contribution in [0.4, 0.5) is 4.79 Å². The molecule has 0 aromatic heterocycles. The number of nitrogens with one attached hydrogen (secondary N) is 1. The van der Waals surface area contributed by atoms with Gasteiger partial charge in [-0.15, -0.1) is 0 Å². The summed E-state index contributed by atoms with van der Waals surface area (Å²) in [7, 11) is 3.12. The van der Waals surface area contributed by atoms with Crippen molar-refractivity contribution >= 4 is 11.9 Å². The van der Waals surface area contributed by atoms with Crippen LogP contribution in [-0.4, -0.2) is 113 Å². The van der Waals surface area contributed by atoms with Crippen molar-refractivity contribution in [2.45, 2.75) is 12.6 Å². The standard InChI is InChI=1S/C28H38N4O6/c1-35-25-9-8-23(18-26(25)36-2)27(33)31(11-10-30-12-15-37-16-13-30)20-24-21-32(14-17-38-24)28(34)29-19-22-6-4-3-5-7-22/h3-9,18,24H,10-17,19-21H2,1-2H3,(H,29,34). The van der Waals surface area contributed by atoms with Crippen molar-refractivity contribution in [3.8, 4) is 11.5 Å². The summed E-state index contributed by atoms with van der Waals surface area (Å²) in [5.74, 6) is 0.951. The molecular weight excluding hydrogens is 488 g/mol. The highest BCUT2D eigenvalue weighted by molar-refractivity contribution is 5.95. The molecule has 2 aliphatic rings. The van der Waals surface area contributed by atoms with E-state index in [-0.39, 0.29) is 18.0 Å². The van der Waals surface area contributed by atoms with Gasteiger partial charge in [0.2, 0.25) is 0 Å². The molecule has 2 saturated heterocycles. The third-order valence-corrected chi connectivity index (χ3v) is 6.84. The van der Waals surface area contributed by atoms with Crippen LogP contribution in [0.1, 0.15) is 15.9 Å². The zero-order valence-corrected chi connectivity index (χ0v) is 22.3. The molecule has 1 unspecified atom stereocenters. The van der Waals surface area contributed by atoms with E-state index in [1.807, 2.05) is 35.2 Å². The number of ether oxygens (including phenoxy) is 4. The van der Waals surface area contributed by atoms with Gasteiger partial charge in [-0.05, 0) is 23.8 Å². The van der Waals surface area contributed by atoms with Crippen LogP contribution in [0.3, 0.4) is 0 Å².